The molecular formula is C17H26N2. The smallest absolute Gasteiger partial charge is 0.0312 e. The minimum atomic E-state index is 0.0868. The molecule has 1 aromatic carbocycles. The summed E-state index contributed by atoms with van der Waals surface area (Å²) in [5.74, 6) is 0.770. The summed E-state index contributed by atoms with van der Waals surface area (Å²) in [6.45, 7) is 3.36. The van der Waals surface area contributed by atoms with E-state index < -0.39 is 0 Å². The first-order valence-corrected chi connectivity index (χ1v) is 7.81. The Kier molecular flexibility index (Phi) is 3.90. The lowest BCUT2D eigenvalue weighted by Gasteiger charge is -2.44. The van der Waals surface area contributed by atoms with Crippen molar-refractivity contribution in [3.05, 3.63) is 35.9 Å². The van der Waals surface area contributed by atoms with E-state index in [-0.39, 0.29) is 5.54 Å². The van der Waals surface area contributed by atoms with Gasteiger partial charge in [0.15, 0.2) is 0 Å². The van der Waals surface area contributed by atoms with E-state index >= 15 is 0 Å². The second kappa shape index (κ2) is 5.64. The number of nitrogens with two attached hydrogens (primary N) is 1. The van der Waals surface area contributed by atoms with Crippen LogP contribution in [-0.2, 0) is 6.54 Å². The van der Waals surface area contributed by atoms with Crippen molar-refractivity contribution in [2.24, 2.45) is 11.7 Å². The molecule has 1 aliphatic carbocycles. The lowest BCUT2D eigenvalue weighted by Crippen LogP contribution is -2.57. The van der Waals surface area contributed by atoms with Crippen LogP contribution >= 0.6 is 0 Å². The maximum absolute atomic E-state index is 6.77. The molecule has 1 saturated heterocycles. The van der Waals surface area contributed by atoms with Crippen molar-refractivity contribution in [2.45, 2.75) is 50.6 Å². The molecule has 0 bridgehead atoms. The third-order valence-electron chi connectivity index (χ3n) is 5.05. The molecule has 1 saturated carbocycles. The Morgan fingerprint density at radius 1 is 1.11 bits per heavy atom. The third kappa shape index (κ3) is 3.01. The van der Waals surface area contributed by atoms with Crippen LogP contribution in [0.5, 0.6) is 0 Å². The van der Waals surface area contributed by atoms with Crippen LogP contribution in [0.25, 0.3) is 0 Å². The van der Waals surface area contributed by atoms with Gasteiger partial charge in [-0.05, 0) is 43.7 Å². The van der Waals surface area contributed by atoms with Crippen molar-refractivity contribution < 1.29 is 0 Å². The van der Waals surface area contributed by atoms with E-state index in [9.17, 15) is 0 Å². The lowest BCUT2D eigenvalue weighted by molar-refractivity contribution is 0.101. The molecular weight excluding hydrogens is 232 g/mol. The maximum Gasteiger partial charge on any atom is 0.0312 e. The summed E-state index contributed by atoms with van der Waals surface area (Å²) in [5, 5.41) is 0. The van der Waals surface area contributed by atoms with Crippen LogP contribution in [0.1, 0.15) is 44.1 Å². The monoisotopic (exact) mass is 258 g/mol. The fourth-order valence-electron chi connectivity index (χ4n) is 4.02. The van der Waals surface area contributed by atoms with Gasteiger partial charge in [-0.25, -0.2) is 0 Å². The molecule has 0 radical (unpaired) electrons. The molecule has 2 nitrogen and oxygen atoms in total. The highest BCUT2D eigenvalue weighted by Crippen LogP contribution is 2.37. The molecule has 1 aliphatic heterocycles. The maximum atomic E-state index is 6.77. The SMILES string of the molecule is NC1(C2CCCC2)CCCN(Cc2ccccc2)C1. The van der Waals surface area contributed by atoms with Gasteiger partial charge in [-0.15, -0.1) is 0 Å². The Morgan fingerprint density at radius 3 is 2.58 bits per heavy atom. The van der Waals surface area contributed by atoms with Crippen LogP contribution in [0, 0.1) is 5.92 Å². The number of hydrogen-bond acceptors (Lipinski definition) is 2. The van der Waals surface area contributed by atoms with E-state index in [1.54, 1.807) is 0 Å². The predicted molar refractivity (Wildman–Crippen MR) is 79.8 cm³/mol. The highest BCUT2D eigenvalue weighted by molar-refractivity contribution is 5.15. The standard InChI is InChI=1S/C17H26N2/c18-17(16-9-4-5-10-16)11-6-12-19(14-17)13-15-7-2-1-3-8-15/h1-3,7-8,16H,4-6,9-14,18H2. The van der Waals surface area contributed by atoms with Crippen LogP contribution in [0.2, 0.25) is 0 Å². The zero-order valence-electron chi connectivity index (χ0n) is 11.9. The molecule has 2 N–H and O–H groups in total. The number of hydrogen-bond donors (Lipinski definition) is 1. The Labute approximate surface area is 117 Å². The molecule has 1 aromatic rings. The van der Waals surface area contributed by atoms with Crippen molar-refractivity contribution in [1.29, 1.82) is 0 Å². The quantitative estimate of drug-likeness (QED) is 0.902. The average Bonchev–Trinajstić information content (AvgIpc) is 2.95. The van der Waals surface area contributed by atoms with Gasteiger partial charge >= 0.3 is 0 Å². The van der Waals surface area contributed by atoms with Gasteiger partial charge in [-0.3, -0.25) is 4.90 Å². The summed E-state index contributed by atoms with van der Waals surface area (Å²) < 4.78 is 0. The van der Waals surface area contributed by atoms with E-state index in [4.69, 9.17) is 5.73 Å². The van der Waals surface area contributed by atoms with Crippen LogP contribution < -0.4 is 5.73 Å². The van der Waals surface area contributed by atoms with Gasteiger partial charge in [0, 0.05) is 18.6 Å². The summed E-state index contributed by atoms with van der Waals surface area (Å²) in [7, 11) is 0. The second-order valence-electron chi connectivity index (χ2n) is 6.51. The molecule has 1 unspecified atom stereocenters. The summed E-state index contributed by atoms with van der Waals surface area (Å²) in [5.41, 5.74) is 8.27. The molecule has 1 heterocycles. The molecule has 2 aliphatic rings. The molecule has 0 spiro atoms. The van der Waals surface area contributed by atoms with E-state index in [1.165, 1.54) is 50.6 Å². The molecule has 104 valence electrons. The fraction of sp³-hybridized carbons (Fsp3) is 0.647. The van der Waals surface area contributed by atoms with Gasteiger partial charge in [-0.2, -0.15) is 0 Å². The molecule has 0 amide bonds. The molecule has 19 heavy (non-hydrogen) atoms. The van der Waals surface area contributed by atoms with Gasteiger partial charge in [0.1, 0.15) is 0 Å². The highest BCUT2D eigenvalue weighted by Gasteiger charge is 2.39. The normalized spacial score (nSPS) is 29.7. The zero-order valence-corrected chi connectivity index (χ0v) is 11.9. The minimum Gasteiger partial charge on any atom is -0.324 e. The molecule has 2 fully saturated rings. The van der Waals surface area contributed by atoms with E-state index in [1.807, 2.05) is 0 Å². The topological polar surface area (TPSA) is 29.3 Å². The molecule has 2 heteroatoms. The van der Waals surface area contributed by atoms with E-state index in [2.05, 4.69) is 35.2 Å². The largest absolute Gasteiger partial charge is 0.324 e. The summed E-state index contributed by atoms with van der Waals surface area (Å²) in [6, 6.07) is 10.8. The van der Waals surface area contributed by atoms with Crippen molar-refractivity contribution in [3.63, 3.8) is 0 Å². The predicted octanol–water partition coefficient (Wildman–Crippen LogP) is 3.17. The minimum absolute atomic E-state index is 0.0868. The first-order valence-electron chi connectivity index (χ1n) is 7.81. The number of rotatable bonds is 3. The highest BCUT2D eigenvalue weighted by atomic mass is 15.2. The van der Waals surface area contributed by atoms with E-state index in [0.29, 0.717) is 0 Å². The molecule has 3 rings (SSSR count). The van der Waals surface area contributed by atoms with E-state index in [0.717, 1.165) is 19.0 Å². The fourth-order valence-corrected chi connectivity index (χ4v) is 4.02. The summed E-state index contributed by atoms with van der Waals surface area (Å²) in [4.78, 5) is 2.57. The second-order valence-corrected chi connectivity index (χ2v) is 6.51. The summed E-state index contributed by atoms with van der Waals surface area (Å²) >= 11 is 0. The van der Waals surface area contributed by atoms with Crippen LogP contribution in [0.4, 0.5) is 0 Å². The van der Waals surface area contributed by atoms with Crippen molar-refractivity contribution in [1.82, 2.24) is 4.90 Å². The Hall–Kier alpha value is -0.860. The first kappa shape index (κ1) is 13.1. The van der Waals surface area contributed by atoms with Crippen LogP contribution in [0.15, 0.2) is 30.3 Å². The molecule has 0 aromatic heterocycles. The summed E-state index contributed by atoms with van der Waals surface area (Å²) in [6.07, 6.45) is 7.98. The van der Waals surface area contributed by atoms with Gasteiger partial charge < -0.3 is 5.73 Å². The number of likely N-dealkylation sites (tertiary alicyclic amines) is 1. The van der Waals surface area contributed by atoms with Crippen LogP contribution in [0.3, 0.4) is 0 Å². The van der Waals surface area contributed by atoms with Crippen LogP contribution in [-0.4, -0.2) is 23.5 Å². The lowest BCUT2D eigenvalue weighted by atomic mass is 9.77. The number of benzene rings is 1. The third-order valence-corrected chi connectivity index (χ3v) is 5.05. The Bertz CT molecular complexity index is 397. The van der Waals surface area contributed by atoms with Gasteiger partial charge in [0.2, 0.25) is 0 Å². The average molecular weight is 258 g/mol. The van der Waals surface area contributed by atoms with Crippen molar-refractivity contribution >= 4 is 0 Å². The Morgan fingerprint density at radius 2 is 1.84 bits per heavy atom. The van der Waals surface area contributed by atoms with Crippen molar-refractivity contribution in [2.75, 3.05) is 13.1 Å². The number of nitrogens with zero attached hydrogens (tertiary/aromatic N) is 1. The molecule has 1 atom stereocenters. The van der Waals surface area contributed by atoms with Crippen molar-refractivity contribution in [3.8, 4) is 0 Å². The van der Waals surface area contributed by atoms with Gasteiger partial charge in [0.05, 0.1) is 0 Å². The Balaban J connectivity index is 1.64. The number of piperidine rings is 1. The van der Waals surface area contributed by atoms with Gasteiger partial charge in [0.25, 0.3) is 0 Å². The van der Waals surface area contributed by atoms with Gasteiger partial charge in [-0.1, -0.05) is 43.2 Å². The first-order chi connectivity index (χ1) is 9.26. The zero-order chi connectivity index (χ0) is 13.1.